The molecule has 0 saturated carbocycles. The minimum atomic E-state index is -3.67. The summed E-state index contributed by atoms with van der Waals surface area (Å²) in [5.74, 6) is -0.467. The van der Waals surface area contributed by atoms with E-state index in [1.54, 1.807) is 45.0 Å². The first-order valence-corrected chi connectivity index (χ1v) is 10.3. The summed E-state index contributed by atoms with van der Waals surface area (Å²) in [6.07, 6.45) is 0. The zero-order valence-electron chi connectivity index (χ0n) is 14.7. The molecule has 0 bridgehead atoms. The van der Waals surface area contributed by atoms with Crippen LogP contribution in [0.1, 0.15) is 29.8 Å². The quantitative estimate of drug-likeness (QED) is 0.751. The number of anilines is 1. The van der Waals surface area contributed by atoms with E-state index in [4.69, 9.17) is 23.2 Å². The van der Waals surface area contributed by atoms with Gasteiger partial charge < -0.3 is 5.32 Å². The minimum absolute atomic E-state index is 0.117. The lowest BCUT2D eigenvalue weighted by atomic mass is 10.1. The van der Waals surface area contributed by atoms with Crippen molar-refractivity contribution in [2.45, 2.75) is 25.7 Å². The Bertz CT molecular complexity index is 926. The van der Waals surface area contributed by atoms with Crippen LogP contribution in [0.3, 0.4) is 0 Å². The van der Waals surface area contributed by atoms with Crippen LogP contribution >= 0.6 is 23.2 Å². The average Bonchev–Trinajstić information content (AvgIpc) is 2.59. The van der Waals surface area contributed by atoms with Crippen LogP contribution in [-0.2, 0) is 10.0 Å². The second-order valence-corrected chi connectivity index (χ2v) is 8.40. The molecule has 0 unspecified atom stereocenters. The molecule has 1 amide bonds. The van der Waals surface area contributed by atoms with Gasteiger partial charge in [0, 0.05) is 23.7 Å². The number of aryl methyl sites for hydroxylation is 1. The van der Waals surface area contributed by atoms with Crippen LogP contribution in [-0.4, -0.2) is 31.7 Å². The number of amides is 1. The lowest BCUT2D eigenvalue weighted by molar-refractivity contribution is 0.102. The summed E-state index contributed by atoms with van der Waals surface area (Å²) in [6, 6.07) is 9.29. The molecule has 0 fully saturated rings. The van der Waals surface area contributed by atoms with Crippen molar-refractivity contribution >= 4 is 44.8 Å². The van der Waals surface area contributed by atoms with Crippen LogP contribution in [0.4, 0.5) is 5.69 Å². The highest BCUT2D eigenvalue weighted by Crippen LogP contribution is 2.27. The van der Waals surface area contributed by atoms with E-state index in [2.05, 4.69) is 5.32 Å². The SMILES string of the molecule is CCN(CC)S(=O)(=O)c1cc(C(=O)Nc2cc(Cl)ccc2Cl)ccc1C. The van der Waals surface area contributed by atoms with Gasteiger partial charge in [0.05, 0.1) is 15.6 Å². The zero-order chi connectivity index (χ0) is 19.5. The van der Waals surface area contributed by atoms with Gasteiger partial charge in [-0.2, -0.15) is 4.31 Å². The smallest absolute Gasteiger partial charge is 0.255 e. The van der Waals surface area contributed by atoms with Gasteiger partial charge in [-0.15, -0.1) is 0 Å². The molecule has 1 N–H and O–H groups in total. The van der Waals surface area contributed by atoms with E-state index in [0.717, 1.165) is 0 Å². The minimum Gasteiger partial charge on any atom is -0.321 e. The molecule has 0 aliphatic carbocycles. The van der Waals surface area contributed by atoms with Gasteiger partial charge in [-0.05, 0) is 42.8 Å². The highest BCUT2D eigenvalue weighted by Gasteiger charge is 2.24. The zero-order valence-corrected chi connectivity index (χ0v) is 17.0. The summed E-state index contributed by atoms with van der Waals surface area (Å²) in [5, 5.41) is 3.43. The highest BCUT2D eigenvalue weighted by atomic mass is 35.5. The Hall–Kier alpha value is -1.60. The predicted molar refractivity (Wildman–Crippen MR) is 106 cm³/mol. The number of nitrogens with one attached hydrogen (secondary N) is 1. The second kappa shape index (κ2) is 8.39. The molecule has 8 heteroatoms. The van der Waals surface area contributed by atoms with Crippen molar-refractivity contribution in [2.75, 3.05) is 18.4 Å². The van der Waals surface area contributed by atoms with E-state index < -0.39 is 15.9 Å². The van der Waals surface area contributed by atoms with Crippen molar-refractivity contribution in [1.29, 1.82) is 0 Å². The molecule has 0 aliphatic rings. The van der Waals surface area contributed by atoms with E-state index in [-0.39, 0.29) is 10.5 Å². The maximum atomic E-state index is 12.8. The normalized spacial score (nSPS) is 11.6. The summed E-state index contributed by atoms with van der Waals surface area (Å²) in [6.45, 7) is 5.95. The third-order valence-electron chi connectivity index (χ3n) is 3.95. The molecule has 0 heterocycles. The number of nitrogens with zero attached hydrogens (tertiary/aromatic N) is 1. The van der Waals surface area contributed by atoms with E-state index in [9.17, 15) is 13.2 Å². The largest absolute Gasteiger partial charge is 0.321 e. The summed E-state index contributed by atoms with van der Waals surface area (Å²) >= 11 is 12.0. The van der Waals surface area contributed by atoms with Crippen LogP contribution in [0, 0.1) is 6.92 Å². The van der Waals surface area contributed by atoms with E-state index >= 15 is 0 Å². The number of carbonyl (C=O) groups excluding carboxylic acids is 1. The number of hydrogen-bond donors (Lipinski definition) is 1. The Balaban J connectivity index is 2.40. The van der Waals surface area contributed by atoms with E-state index in [1.165, 1.54) is 16.4 Å². The fourth-order valence-corrected chi connectivity index (χ4v) is 4.56. The molecule has 2 aromatic rings. The molecule has 2 aromatic carbocycles. The lowest BCUT2D eigenvalue weighted by Crippen LogP contribution is -2.31. The molecule has 0 atom stereocenters. The van der Waals surface area contributed by atoms with Crippen LogP contribution in [0.25, 0.3) is 0 Å². The third-order valence-corrected chi connectivity index (χ3v) is 6.71. The standard InChI is InChI=1S/C18H20Cl2N2O3S/c1-4-22(5-2)26(24,25)17-10-13(7-6-12(17)3)18(23)21-16-11-14(19)8-9-15(16)20/h6-11H,4-5H2,1-3H3,(H,21,23). The number of benzene rings is 2. The Labute approximate surface area is 164 Å². The maximum absolute atomic E-state index is 12.8. The molecule has 140 valence electrons. The Morgan fingerprint density at radius 3 is 2.35 bits per heavy atom. The summed E-state index contributed by atoms with van der Waals surface area (Å²) in [7, 11) is -3.67. The van der Waals surface area contributed by atoms with Gasteiger partial charge in [0.1, 0.15) is 0 Å². The number of carbonyl (C=O) groups is 1. The fraction of sp³-hybridized carbons (Fsp3) is 0.278. The Morgan fingerprint density at radius 2 is 1.73 bits per heavy atom. The van der Waals surface area contributed by atoms with Gasteiger partial charge in [0.15, 0.2) is 0 Å². The predicted octanol–water partition coefficient (Wildman–Crippen LogP) is 4.58. The molecule has 0 aliphatic heterocycles. The van der Waals surface area contributed by atoms with Gasteiger partial charge in [-0.25, -0.2) is 8.42 Å². The van der Waals surface area contributed by atoms with Crippen molar-refractivity contribution in [3.63, 3.8) is 0 Å². The summed E-state index contributed by atoms with van der Waals surface area (Å²) in [5.41, 5.74) is 1.16. The molecular weight excluding hydrogens is 395 g/mol. The molecule has 0 saturated heterocycles. The van der Waals surface area contributed by atoms with Gasteiger partial charge in [0.2, 0.25) is 10.0 Å². The maximum Gasteiger partial charge on any atom is 0.255 e. The van der Waals surface area contributed by atoms with Crippen molar-refractivity contribution in [3.8, 4) is 0 Å². The van der Waals surface area contributed by atoms with Crippen molar-refractivity contribution < 1.29 is 13.2 Å². The Kier molecular flexibility index (Phi) is 6.69. The van der Waals surface area contributed by atoms with Crippen LogP contribution < -0.4 is 5.32 Å². The van der Waals surface area contributed by atoms with Gasteiger partial charge in [0.25, 0.3) is 5.91 Å². The van der Waals surface area contributed by atoms with Gasteiger partial charge >= 0.3 is 0 Å². The fourth-order valence-electron chi connectivity index (χ4n) is 2.51. The summed E-state index contributed by atoms with van der Waals surface area (Å²) in [4.78, 5) is 12.7. The molecule has 26 heavy (non-hydrogen) atoms. The molecular formula is C18H20Cl2N2O3S. The van der Waals surface area contributed by atoms with Crippen molar-refractivity contribution in [3.05, 3.63) is 57.6 Å². The lowest BCUT2D eigenvalue weighted by Gasteiger charge is -2.20. The number of hydrogen-bond acceptors (Lipinski definition) is 3. The topological polar surface area (TPSA) is 66.5 Å². The molecule has 0 aromatic heterocycles. The Morgan fingerprint density at radius 1 is 1.08 bits per heavy atom. The van der Waals surface area contributed by atoms with Crippen LogP contribution in [0.2, 0.25) is 10.0 Å². The first kappa shape index (κ1) is 20.7. The summed E-state index contributed by atoms with van der Waals surface area (Å²) < 4.78 is 27.0. The van der Waals surface area contributed by atoms with Crippen molar-refractivity contribution in [1.82, 2.24) is 4.31 Å². The van der Waals surface area contributed by atoms with Crippen LogP contribution in [0.5, 0.6) is 0 Å². The van der Waals surface area contributed by atoms with Crippen molar-refractivity contribution in [2.24, 2.45) is 0 Å². The first-order chi connectivity index (χ1) is 12.2. The molecule has 0 spiro atoms. The van der Waals surface area contributed by atoms with E-state index in [1.807, 2.05) is 0 Å². The van der Waals surface area contributed by atoms with Gasteiger partial charge in [-0.3, -0.25) is 4.79 Å². The first-order valence-electron chi connectivity index (χ1n) is 8.07. The number of halogens is 2. The highest BCUT2D eigenvalue weighted by molar-refractivity contribution is 7.89. The number of rotatable bonds is 6. The monoisotopic (exact) mass is 414 g/mol. The molecule has 0 radical (unpaired) electrons. The average molecular weight is 415 g/mol. The molecule has 2 rings (SSSR count). The third kappa shape index (κ3) is 4.38. The van der Waals surface area contributed by atoms with E-state index in [0.29, 0.717) is 34.4 Å². The van der Waals surface area contributed by atoms with Gasteiger partial charge in [-0.1, -0.05) is 43.1 Å². The van der Waals surface area contributed by atoms with Crippen LogP contribution in [0.15, 0.2) is 41.3 Å². The number of sulfonamides is 1. The second-order valence-electron chi connectivity index (χ2n) is 5.65. The molecule has 5 nitrogen and oxygen atoms in total.